The molecule has 0 radical (unpaired) electrons. The molecule has 2 aromatic rings. The van der Waals surface area contributed by atoms with Gasteiger partial charge in [0.05, 0.1) is 36.1 Å². The molecule has 16 heteroatoms. The lowest BCUT2D eigenvalue weighted by molar-refractivity contribution is -0.247. The van der Waals surface area contributed by atoms with Crippen LogP contribution in [0.25, 0.3) is 16.6 Å². The van der Waals surface area contributed by atoms with Crippen molar-refractivity contribution >= 4 is 52.9 Å². The number of nitrogens with two attached hydrogens (primary N) is 1. The van der Waals surface area contributed by atoms with E-state index in [9.17, 15) is 14.4 Å². The highest BCUT2D eigenvalue weighted by Gasteiger charge is 2.36. The maximum Gasteiger partial charge on any atom is 0.408 e. The summed E-state index contributed by atoms with van der Waals surface area (Å²) >= 11 is 1.54. The van der Waals surface area contributed by atoms with Crippen molar-refractivity contribution in [2.75, 3.05) is 40.4 Å². The number of nitrogens with one attached hydrogen (secondary N) is 3. The molecule has 1 saturated heterocycles. The molecule has 0 saturated carbocycles. The average Bonchev–Trinajstić information content (AvgIpc) is 3.61. The Balaban J connectivity index is -0.000000972. The number of benzene rings is 1. The van der Waals surface area contributed by atoms with Crippen LogP contribution in [-0.4, -0.2) is 104 Å². The van der Waals surface area contributed by atoms with Crippen molar-refractivity contribution in [3.63, 3.8) is 0 Å². The van der Waals surface area contributed by atoms with E-state index >= 15 is 0 Å². The number of thioether (sulfide) groups is 1. The number of hydrogen-bond acceptors (Lipinski definition) is 14. The number of unbranched alkanes of at least 4 members (excludes halogenated alkanes) is 3. The molecule has 2 amide bonds. The Hall–Kier alpha value is -4.40. The van der Waals surface area contributed by atoms with Crippen molar-refractivity contribution in [2.24, 2.45) is 11.7 Å². The first-order chi connectivity index (χ1) is 29.0. The second kappa shape index (κ2) is 37.4. The number of aldehydes is 2. The zero-order valence-electron chi connectivity index (χ0n) is 39.2. The first kappa shape index (κ1) is 60.9. The number of fused-ring (bicyclic) bond motifs is 1. The molecular weight excluding hydrogens is 801 g/mol. The first-order valence-electron chi connectivity index (χ1n) is 20.8. The maximum atomic E-state index is 12.3. The average molecular weight is 879 g/mol. The summed E-state index contributed by atoms with van der Waals surface area (Å²) in [7, 11) is 5.33. The summed E-state index contributed by atoms with van der Waals surface area (Å²) < 4.78 is 16.8. The number of carbonyl (C=O) groups excluding carboxylic acids is 4. The third-order valence-corrected chi connectivity index (χ3v) is 9.06. The number of aromatic nitrogens is 1. The van der Waals surface area contributed by atoms with E-state index in [2.05, 4.69) is 61.4 Å². The van der Waals surface area contributed by atoms with Crippen LogP contribution < -0.4 is 31.2 Å². The van der Waals surface area contributed by atoms with Gasteiger partial charge in [-0.05, 0) is 71.7 Å². The molecule has 1 aliphatic heterocycles. The minimum atomic E-state index is -0.528. The second-order valence-electron chi connectivity index (χ2n) is 14.6. The van der Waals surface area contributed by atoms with E-state index in [4.69, 9.17) is 35.0 Å². The van der Waals surface area contributed by atoms with Gasteiger partial charge in [-0.3, -0.25) is 9.69 Å². The van der Waals surface area contributed by atoms with Gasteiger partial charge in [-0.2, -0.15) is 0 Å². The fourth-order valence-electron chi connectivity index (χ4n) is 4.99. The zero-order valence-corrected chi connectivity index (χ0v) is 40.0. The van der Waals surface area contributed by atoms with Gasteiger partial charge in [-0.25, -0.2) is 19.9 Å². The molecule has 3 rings (SSSR count). The number of ether oxygens (including phenoxy) is 3. The molecule has 0 spiro atoms. The minimum absolute atomic E-state index is 0.213. The van der Waals surface area contributed by atoms with E-state index in [1.807, 2.05) is 62.5 Å². The van der Waals surface area contributed by atoms with Crippen LogP contribution >= 0.6 is 11.8 Å². The van der Waals surface area contributed by atoms with Gasteiger partial charge in [0.2, 0.25) is 5.91 Å². The van der Waals surface area contributed by atoms with Crippen LogP contribution in [0.15, 0.2) is 29.7 Å². The van der Waals surface area contributed by atoms with Crippen molar-refractivity contribution in [3.05, 3.63) is 35.4 Å². The molecule has 15 nitrogen and oxygen atoms in total. The Morgan fingerprint density at radius 2 is 1.74 bits per heavy atom. The molecule has 6 N–H and O–H groups in total. The third kappa shape index (κ3) is 28.7. The van der Waals surface area contributed by atoms with Crippen LogP contribution in [0.3, 0.4) is 0 Å². The second-order valence-corrected chi connectivity index (χ2v) is 15.5. The number of likely N-dealkylation sites (N-methyl/N-ethyl adjacent to an activating group) is 1. The number of pyridine rings is 1. The van der Waals surface area contributed by atoms with Crippen LogP contribution in [-0.2, 0) is 24.0 Å². The lowest BCUT2D eigenvalue weighted by Gasteiger charge is -2.21. The number of hydrogen-bond donors (Lipinski definition) is 5. The summed E-state index contributed by atoms with van der Waals surface area (Å²) in [6.45, 7) is 19.9. The minimum Gasteiger partial charge on any atom is -0.497 e. The number of terminal acetylenes is 1. The van der Waals surface area contributed by atoms with Gasteiger partial charge >= 0.3 is 6.09 Å². The number of carbonyl (C=O) groups is 4. The zero-order chi connectivity index (χ0) is 47.4. The van der Waals surface area contributed by atoms with Crippen molar-refractivity contribution < 1.29 is 43.5 Å². The lowest BCUT2D eigenvalue weighted by Crippen LogP contribution is -2.42. The molecule has 1 fully saturated rings. The van der Waals surface area contributed by atoms with Crippen molar-refractivity contribution in [1.82, 2.24) is 25.8 Å². The topological polar surface area (TPSA) is 204 Å². The molecule has 0 bridgehead atoms. The standard InChI is InChI=1S/C21H29N5O5S.C13H25NO3.C5H12.C2H4O.C2H6.C2H2/c1-23-12-32-10-16(22)18-8-20(15-5-4-13(29-3)6-17(15)25-18)31-14-7-19(26(2)9-14)21(27)24-11-30-28;1-5-6-7-8-9-11(10-15)14-12(16)17-13(2,3)4;1-4-5(2)3;1-2-3;2*1-2/h4-6,8,10,14,19,23,28H,7,9,11-12,22H2,1-3H3,(H,24,27);10-11H,5-9H2,1-4H3,(H,14,16);5H,4H2,1-3H3;2H,1H3;1-2H3;1-2H/b16-10-;;;;;/t14-,19?;11-;;;;/m10..../s1. The number of amides is 2. The monoisotopic (exact) mass is 879 g/mol. The van der Waals surface area contributed by atoms with Crippen molar-refractivity contribution in [3.8, 4) is 24.3 Å². The summed E-state index contributed by atoms with van der Waals surface area (Å²) in [4.78, 5) is 53.9. The molecule has 1 unspecified atom stereocenters. The SMILES string of the molecule is C#C.CC.CC=O.CCC(C)C.CCCCCC[C@@H](C=O)NC(=O)OC(C)(C)C.CNCS/C=C(\N)c1cc(O[C@@H]2CC(C(=O)NCOO)N(C)C2)c2ccc(OC)cc2n1. The highest BCUT2D eigenvalue weighted by Crippen LogP contribution is 2.33. The number of methoxy groups -OCH3 is 1. The van der Waals surface area contributed by atoms with Gasteiger partial charge < -0.3 is 45.5 Å². The molecule has 348 valence electrons. The predicted molar refractivity (Wildman–Crippen MR) is 250 cm³/mol. The van der Waals surface area contributed by atoms with Gasteiger partial charge in [0, 0.05) is 36.4 Å². The van der Waals surface area contributed by atoms with Gasteiger partial charge in [0.15, 0.2) is 6.73 Å². The normalized spacial score (nSPS) is 14.9. The fraction of sp³-hybridized carbons (Fsp3) is 0.622. The van der Waals surface area contributed by atoms with Crippen LogP contribution in [0.4, 0.5) is 4.79 Å². The number of likely N-dealkylation sites (tertiary alicyclic amines) is 1. The van der Waals surface area contributed by atoms with E-state index in [0.29, 0.717) is 47.8 Å². The Labute approximate surface area is 370 Å². The summed E-state index contributed by atoms with van der Waals surface area (Å²) in [5, 5.41) is 19.3. The van der Waals surface area contributed by atoms with Crippen LogP contribution in [0, 0.1) is 18.8 Å². The van der Waals surface area contributed by atoms with Gasteiger partial charge in [-0.15, -0.1) is 24.6 Å². The lowest BCUT2D eigenvalue weighted by atomic mass is 10.1. The summed E-state index contributed by atoms with van der Waals surface area (Å²) in [6, 6.07) is 6.61. The Kier molecular flexibility index (Phi) is 37.3. The number of alkyl carbamates (subject to hydrolysis) is 1. The molecule has 1 aromatic heterocycles. The van der Waals surface area contributed by atoms with Crippen LogP contribution in [0.5, 0.6) is 11.5 Å². The van der Waals surface area contributed by atoms with E-state index in [0.717, 1.165) is 55.4 Å². The predicted octanol–water partition coefficient (Wildman–Crippen LogP) is 8.01. The Morgan fingerprint density at radius 1 is 1.11 bits per heavy atom. The van der Waals surface area contributed by atoms with Gasteiger partial charge in [0.1, 0.15) is 35.8 Å². The molecule has 1 aromatic carbocycles. The Morgan fingerprint density at radius 3 is 2.25 bits per heavy atom. The summed E-state index contributed by atoms with van der Waals surface area (Å²) in [6.07, 6.45) is 15.6. The molecular formula is C45H78N6O9S. The first-order valence-corrected chi connectivity index (χ1v) is 21.9. The molecule has 3 atom stereocenters. The van der Waals surface area contributed by atoms with Gasteiger partial charge in [-0.1, -0.05) is 73.6 Å². The highest BCUT2D eigenvalue weighted by atomic mass is 32.2. The molecule has 61 heavy (non-hydrogen) atoms. The number of nitrogens with zero attached hydrogens (tertiary/aromatic N) is 2. The van der Waals surface area contributed by atoms with Crippen LogP contribution in [0.2, 0.25) is 0 Å². The van der Waals surface area contributed by atoms with Crippen molar-refractivity contribution in [2.45, 2.75) is 138 Å². The number of rotatable bonds is 18. The molecule has 2 heterocycles. The van der Waals surface area contributed by atoms with Gasteiger partial charge in [0.25, 0.3) is 0 Å². The fourth-order valence-corrected chi connectivity index (χ4v) is 5.54. The van der Waals surface area contributed by atoms with E-state index in [1.165, 1.54) is 25.1 Å². The molecule has 1 aliphatic rings. The summed E-state index contributed by atoms with van der Waals surface area (Å²) in [5.41, 5.74) is 7.58. The highest BCUT2D eigenvalue weighted by molar-refractivity contribution is 8.02. The summed E-state index contributed by atoms with van der Waals surface area (Å²) in [5.74, 6) is 2.70. The Bertz CT molecular complexity index is 1540. The van der Waals surface area contributed by atoms with Crippen LogP contribution in [0.1, 0.15) is 120 Å². The third-order valence-electron chi connectivity index (χ3n) is 8.18. The van der Waals surface area contributed by atoms with E-state index in [1.54, 1.807) is 27.9 Å². The quantitative estimate of drug-likeness (QED) is 0.0241. The van der Waals surface area contributed by atoms with Crippen molar-refractivity contribution in [1.29, 1.82) is 0 Å². The molecule has 0 aliphatic carbocycles. The van der Waals surface area contributed by atoms with E-state index < -0.39 is 17.7 Å². The smallest absolute Gasteiger partial charge is 0.408 e. The van der Waals surface area contributed by atoms with E-state index in [-0.39, 0.29) is 24.8 Å². The maximum absolute atomic E-state index is 12.3. The largest absolute Gasteiger partial charge is 0.497 e.